The Morgan fingerprint density at radius 3 is 2.48 bits per heavy atom. The lowest BCUT2D eigenvalue weighted by atomic mass is 10.2. The van der Waals surface area contributed by atoms with E-state index in [1.54, 1.807) is 39.0 Å². The fourth-order valence-electron chi connectivity index (χ4n) is 1.33. The number of rotatable bonds is 5. The first kappa shape index (κ1) is 17.5. The van der Waals surface area contributed by atoms with Crippen LogP contribution in [0.1, 0.15) is 27.2 Å². The van der Waals surface area contributed by atoms with Gasteiger partial charge in [0.15, 0.2) is 0 Å². The number of nitrogens with one attached hydrogen (secondary N) is 2. The molecule has 7 heteroatoms. The second-order valence-electron chi connectivity index (χ2n) is 4.83. The highest BCUT2D eigenvalue weighted by atomic mass is 35.5. The second kappa shape index (κ2) is 8.00. The Morgan fingerprint density at radius 2 is 1.90 bits per heavy atom. The summed E-state index contributed by atoms with van der Waals surface area (Å²) in [6.07, 6.45) is 0.0681. The summed E-state index contributed by atoms with van der Waals surface area (Å²) in [7, 11) is 0. The molecule has 0 saturated carbocycles. The van der Waals surface area contributed by atoms with Crippen LogP contribution in [0.5, 0.6) is 0 Å². The van der Waals surface area contributed by atoms with Gasteiger partial charge in [-0.1, -0.05) is 37.0 Å². The third kappa shape index (κ3) is 6.14. The first-order chi connectivity index (χ1) is 9.79. The maximum Gasteiger partial charge on any atom is 0.242 e. The van der Waals surface area contributed by atoms with Crippen molar-refractivity contribution in [3.05, 3.63) is 28.2 Å². The summed E-state index contributed by atoms with van der Waals surface area (Å²) in [5, 5.41) is 7.33. The lowest BCUT2D eigenvalue weighted by Crippen LogP contribution is -2.25. The van der Waals surface area contributed by atoms with Crippen LogP contribution in [0.3, 0.4) is 0 Å². The van der Waals surface area contributed by atoms with Gasteiger partial charge in [0.2, 0.25) is 11.8 Å². The van der Waals surface area contributed by atoms with Crippen LogP contribution in [0.2, 0.25) is 10.0 Å². The Kier molecular flexibility index (Phi) is 6.65. The molecule has 0 heterocycles. The molecular weight excluding hydrogens is 313 g/mol. The molecule has 0 fully saturated rings. The fraction of sp³-hybridized carbons (Fsp3) is 0.357. The van der Waals surface area contributed by atoms with Crippen molar-refractivity contribution in [3.8, 4) is 0 Å². The molecule has 0 aliphatic heterocycles. The van der Waals surface area contributed by atoms with Gasteiger partial charge in [-0.3, -0.25) is 9.59 Å². The maximum atomic E-state index is 11.8. The minimum atomic E-state index is -0.256. The predicted octanol–water partition coefficient (Wildman–Crippen LogP) is 3.47. The minimum Gasteiger partial charge on any atom is -0.326 e. The summed E-state index contributed by atoms with van der Waals surface area (Å²) in [6, 6.07) is 4.82. The van der Waals surface area contributed by atoms with E-state index in [-0.39, 0.29) is 24.2 Å². The topological polar surface area (TPSA) is 70.6 Å². The first-order valence-electron chi connectivity index (χ1n) is 6.37. The van der Waals surface area contributed by atoms with Crippen molar-refractivity contribution in [1.29, 1.82) is 0 Å². The van der Waals surface area contributed by atoms with Crippen molar-refractivity contribution in [2.75, 3.05) is 5.32 Å². The summed E-state index contributed by atoms with van der Waals surface area (Å²) in [6.45, 7) is 5.18. The molecule has 21 heavy (non-hydrogen) atoms. The molecule has 2 amide bonds. The van der Waals surface area contributed by atoms with E-state index in [9.17, 15) is 9.59 Å². The van der Waals surface area contributed by atoms with E-state index in [1.165, 1.54) is 0 Å². The molecule has 0 aliphatic rings. The van der Waals surface area contributed by atoms with Gasteiger partial charge in [-0.15, -0.1) is 0 Å². The summed E-state index contributed by atoms with van der Waals surface area (Å²) < 4.78 is 0. The average molecular weight is 330 g/mol. The Bertz CT molecular complexity index is 571. The van der Waals surface area contributed by atoms with Crippen LogP contribution in [0.4, 0.5) is 5.69 Å². The zero-order chi connectivity index (χ0) is 16.0. The predicted molar refractivity (Wildman–Crippen MR) is 85.8 cm³/mol. The zero-order valence-corrected chi connectivity index (χ0v) is 13.5. The van der Waals surface area contributed by atoms with Crippen molar-refractivity contribution in [2.24, 2.45) is 11.0 Å². The Labute approximate surface area is 133 Å². The number of hydrogen-bond acceptors (Lipinski definition) is 3. The molecule has 0 radical (unpaired) electrons. The van der Waals surface area contributed by atoms with Gasteiger partial charge >= 0.3 is 0 Å². The van der Waals surface area contributed by atoms with E-state index in [4.69, 9.17) is 23.2 Å². The van der Waals surface area contributed by atoms with E-state index >= 15 is 0 Å². The summed E-state index contributed by atoms with van der Waals surface area (Å²) in [4.78, 5) is 23.2. The minimum absolute atomic E-state index is 0.0681. The number of amides is 2. The molecule has 0 aromatic heterocycles. The van der Waals surface area contributed by atoms with Gasteiger partial charge in [-0.05, 0) is 25.1 Å². The van der Waals surface area contributed by atoms with Crippen LogP contribution >= 0.6 is 23.2 Å². The molecule has 0 atom stereocenters. The molecule has 1 aromatic carbocycles. The lowest BCUT2D eigenvalue weighted by Gasteiger charge is -2.07. The monoisotopic (exact) mass is 329 g/mol. The third-order valence-electron chi connectivity index (χ3n) is 2.50. The summed E-state index contributed by atoms with van der Waals surface area (Å²) in [5.41, 5.74) is 3.45. The third-order valence-corrected chi connectivity index (χ3v) is 3.24. The molecule has 0 saturated heterocycles. The number of carbonyl (C=O) groups excluding carboxylic acids is 2. The highest BCUT2D eigenvalue weighted by Crippen LogP contribution is 2.24. The van der Waals surface area contributed by atoms with Gasteiger partial charge in [0.25, 0.3) is 0 Å². The Morgan fingerprint density at radius 1 is 1.24 bits per heavy atom. The molecule has 1 aromatic rings. The van der Waals surface area contributed by atoms with E-state index in [1.807, 2.05) is 0 Å². The highest BCUT2D eigenvalue weighted by Gasteiger charge is 2.08. The van der Waals surface area contributed by atoms with Crippen LogP contribution in [0.15, 0.2) is 23.3 Å². The van der Waals surface area contributed by atoms with Gasteiger partial charge in [0, 0.05) is 17.3 Å². The van der Waals surface area contributed by atoms with Crippen molar-refractivity contribution in [2.45, 2.75) is 27.2 Å². The summed E-state index contributed by atoms with van der Waals surface area (Å²) in [5.74, 6) is -0.612. The number of nitrogens with zero attached hydrogens (tertiary/aromatic N) is 1. The van der Waals surface area contributed by atoms with Crippen LogP contribution in [-0.4, -0.2) is 17.5 Å². The van der Waals surface area contributed by atoms with Crippen molar-refractivity contribution < 1.29 is 9.59 Å². The number of hydrazone groups is 1. The maximum absolute atomic E-state index is 11.8. The second-order valence-corrected chi connectivity index (χ2v) is 5.65. The Hall–Kier alpha value is -1.59. The van der Waals surface area contributed by atoms with Crippen molar-refractivity contribution in [3.63, 3.8) is 0 Å². The van der Waals surface area contributed by atoms with E-state index in [0.29, 0.717) is 21.4 Å². The van der Waals surface area contributed by atoms with Crippen LogP contribution in [0.25, 0.3) is 0 Å². The van der Waals surface area contributed by atoms with Gasteiger partial charge in [0.05, 0.1) is 16.5 Å². The molecule has 0 unspecified atom stereocenters. The fourth-order valence-corrected chi connectivity index (χ4v) is 1.63. The van der Waals surface area contributed by atoms with Crippen LogP contribution in [0, 0.1) is 5.92 Å². The molecule has 0 bridgehead atoms. The summed E-state index contributed by atoms with van der Waals surface area (Å²) >= 11 is 11.7. The van der Waals surface area contributed by atoms with Gasteiger partial charge in [-0.25, -0.2) is 5.43 Å². The number of carbonyl (C=O) groups is 2. The number of anilines is 1. The zero-order valence-electron chi connectivity index (χ0n) is 12.0. The van der Waals surface area contributed by atoms with Gasteiger partial charge < -0.3 is 5.32 Å². The lowest BCUT2D eigenvalue weighted by molar-refractivity contribution is -0.124. The van der Waals surface area contributed by atoms with Crippen LogP contribution in [-0.2, 0) is 9.59 Å². The number of hydrogen-bond donors (Lipinski definition) is 2. The van der Waals surface area contributed by atoms with Crippen molar-refractivity contribution in [1.82, 2.24) is 5.43 Å². The molecular formula is C14H17Cl2N3O2. The number of benzene rings is 1. The highest BCUT2D eigenvalue weighted by molar-refractivity contribution is 6.42. The van der Waals surface area contributed by atoms with Crippen molar-refractivity contribution >= 4 is 46.4 Å². The molecule has 114 valence electrons. The van der Waals surface area contributed by atoms with E-state index in [2.05, 4.69) is 15.8 Å². The first-order valence-corrected chi connectivity index (χ1v) is 7.13. The average Bonchev–Trinajstić information content (AvgIpc) is 2.40. The molecule has 0 spiro atoms. The molecule has 0 aliphatic carbocycles. The SMILES string of the molecule is CC(CC(=O)Nc1ccc(Cl)c(Cl)c1)=NNC(=O)C(C)C. The largest absolute Gasteiger partial charge is 0.326 e. The smallest absolute Gasteiger partial charge is 0.242 e. The standard InChI is InChI=1S/C14H17Cl2N3O2/c1-8(2)14(21)19-18-9(3)6-13(20)17-10-4-5-11(15)12(16)7-10/h4-5,7-8H,6H2,1-3H3,(H,17,20)(H,19,21). The Balaban J connectivity index is 2.54. The molecule has 1 rings (SSSR count). The van der Waals surface area contributed by atoms with E-state index < -0.39 is 0 Å². The van der Waals surface area contributed by atoms with Gasteiger partial charge in [-0.2, -0.15) is 5.10 Å². The molecule has 2 N–H and O–H groups in total. The van der Waals surface area contributed by atoms with E-state index in [0.717, 1.165) is 0 Å². The van der Waals surface area contributed by atoms with Gasteiger partial charge in [0.1, 0.15) is 0 Å². The quantitative estimate of drug-likeness (QED) is 0.641. The normalized spacial score (nSPS) is 11.4. The number of halogens is 2. The molecule has 5 nitrogen and oxygen atoms in total. The van der Waals surface area contributed by atoms with Crippen LogP contribution < -0.4 is 10.7 Å².